The maximum atomic E-state index is 14.1. The number of carbonyl (C=O) groups is 1. The molecule has 2 aromatic carbocycles. The van der Waals surface area contributed by atoms with Gasteiger partial charge in [-0.1, -0.05) is 6.07 Å². The summed E-state index contributed by atoms with van der Waals surface area (Å²) >= 11 is 0. The number of aromatic nitrogens is 2. The van der Waals surface area contributed by atoms with Gasteiger partial charge in [-0.15, -0.1) is 0 Å². The zero-order valence-electron chi connectivity index (χ0n) is 17.6. The second-order valence-corrected chi connectivity index (χ2v) is 7.60. The molecule has 3 N–H and O–H groups in total. The minimum atomic E-state index is -1.09. The number of urea groups is 1. The lowest BCUT2D eigenvalue weighted by atomic mass is 10.0. The van der Waals surface area contributed by atoms with Gasteiger partial charge < -0.3 is 15.7 Å². The van der Waals surface area contributed by atoms with Gasteiger partial charge in [-0.05, 0) is 57.2 Å². The maximum Gasteiger partial charge on any atom is 0.332 e. The molecule has 0 aliphatic rings. The smallest absolute Gasteiger partial charge is 0.332 e. The number of anilines is 4. The number of hydrogen-bond donors (Lipinski definition) is 3. The molecule has 0 saturated carbocycles. The summed E-state index contributed by atoms with van der Waals surface area (Å²) in [4.78, 5) is 22.4. The molecule has 1 heterocycles. The summed E-state index contributed by atoms with van der Waals surface area (Å²) in [6, 6.07) is 8.12. The van der Waals surface area contributed by atoms with Crippen LogP contribution in [0.15, 0.2) is 54.7 Å². The highest BCUT2D eigenvalue weighted by Gasteiger charge is 2.25. The molecule has 168 valence electrons. The third-order valence-electron chi connectivity index (χ3n) is 4.76. The summed E-state index contributed by atoms with van der Waals surface area (Å²) in [6.07, 6.45) is 1.37. The minimum Gasteiger partial charge on any atom is -0.388 e. The van der Waals surface area contributed by atoms with Crippen molar-refractivity contribution in [2.24, 2.45) is 0 Å². The van der Waals surface area contributed by atoms with E-state index < -0.39 is 40.8 Å². The van der Waals surface area contributed by atoms with E-state index in [2.05, 4.69) is 20.6 Å². The van der Waals surface area contributed by atoms with Gasteiger partial charge in [0.05, 0.1) is 17.3 Å². The normalized spacial score (nSPS) is 12.2. The molecule has 0 saturated heterocycles. The third-order valence-corrected chi connectivity index (χ3v) is 4.76. The first-order chi connectivity index (χ1) is 15.1. The Labute approximate surface area is 182 Å². The Bertz CT molecular complexity index is 1080. The maximum absolute atomic E-state index is 14.1. The lowest BCUT2D eigenvalue weighted by Gasteiger charge is -2.27. The Hall–Kier alpha value is -3.66. The van der Waals surface area contributed by atoms with Crippen molar-refractivity contribution in [1.82, 2.24) is 9.97 Å². The summed E-state index contributed by atoms with van der Waals surface area (Å²) < 4.78 is 41.6. The number of aliphatic hydroxyl groups is 1. The first-order valence-corrected chi connectivity index (χ1v) is 9.69. The van der Waals surface area contributed by atoms with Gasteiger partial charge >= 0.3 is 6.03 Å². The first kappa shape index (κ1) is 23.0. The number of carbonyl (C=O) groups excluding carboxylic acids is 1. The molecule has 0 spiro atoms. The Morgan fingerprint density at radius 2 is 1.69 bits per heavy atom. The molecular formula is C22H22F3N5O2. The molecule has 1 atom stereocenters. The van der Waals surface area contributed by atoms with Gasteiger partial charge in [0.1, 0.15) is 29.0 Å². The molecule has 3 aromatic rings. The predicted octanol–water partition coefficient (Wildman–Crippen LogP) is 4.84. The number of hydrogen-bond acceptors (Lipinski definition) is 5. The van der Waals surface area contributed by atoms with Crippen LogP contribution in [0.3, 0.4) is 0 Å². The van der Waals surface area contributed by atoms with Gasteiger partial charge in [-0.2, -0.15) is 4.98 Å². The highest BCUT2D eigenvalue weighted by atomic mass is 19.1. The van der Waals surface area contributed by atoms with Gasteiger partial charge in [-0.25, -0.2) is 27.8 Å². The fraction of sp³-hybridized carbons (Fsp3) is 0.227. The topological polar surface area (TPSA) is 90.4 Å². The molecule has 3 rings (SSSR count). The van der Waals surface area contributed by atoms with Crippen LogP contribution in [0.4, 0.5) is 41.1 Å². The highest BCUT2D eigenvalue weighted by Crippen LogP contribution is 2.27. The van der Waals surface area contributed by atoms with Crippen LogP contribution in [-0.2, 0) is 0 Å². The minimum absolute atomic E-state index is 0.0475. The number of nitrogens with one attached hydrogen (secondary N) is 2. The SMILES string of the molecule is C[C@H](Nc1nccc(N(C(=O)Nc2c(F)cccc2F)c2ccc(F)cc2)n1)C(C)(C)O. The molecule has 0 aliphatic heterocycles. The van der Waals surface area contributed by atoms with Crippen LogP contribution in [0, 0.1) is 17.5 Å². The van der Waals surface area contributed by atoms with Crippen LogP contribution in [0.2, 0.25) is 0 Å². The highest BCUT2D eigenvalue weighted by molar-refractivity contribution is 6.06. The number of amides is 2. The summed E-state index contributed by atoms with van der Waals surface area (Å²) in [6.45, 7) is 4.94. The molecule has 32 heavy (non-hydrogen) atoms. The lowest BCUT2D eigenvalue weighted by molar-refractivity contribution is 0.0646. The number of benzene rings is 2. The molecule has 7 nitrogen and oxygen atoms in total. The fourth-order valence-corrected chi connectivity index (χ4v) is 2.64. The molecular weight excluding hydrogens is 423 g/mol. The van der Waals surface area contributed by atoms with E-state index in [4.69, 9.17) is 0 Å². The van der Waals surface area contributed by atoms with Crippen LogP contribution < -0.4 is 15.5 Å². The van der Waals surface area contributed by atoms with Gasteiger partial charge in [-0.3, -0.25) is 0 Å². The van der Waals surface area contributed by atoms with Gasteiger partial charge in [0.25, 0.3) is 0 Å². The zero-order chi connectivity index (χ0) is 23.5. The number of para-hydroxylation sites is 1. The molecule has 2 amide bonds. The standard InChI is InChI=1S/C22H22F3N5O2/c1-13(22(2,3)32)27-20-26-12-11-18(28-20)30(15-9-7-14(23)8-10-15)21(31)29-19-16(24)5-4-6-17(19)25/h4-13,32H,1-3H3,(H,29,31)(H,26,27,28)/t13-/m0/s1. The second kappa shape index (κ2) is 9.23. The van der Waals surface area contributed by atoms with Crippen molar-refractivity contribution in [3.05, 3.63) is 72.2 Å². The van der Waals surface area contributed by atoms with E-state index in [1.165, 1.54) is 30.5 Å². The average Bonchev–Trinajstić information content (AvgIpc) is 2.72. The summed E-state index contributed by atoms with van der Waals surface area (Å²) in [5.74, 6) is -2.29. The first-order valence-electron chi connectivity index (χ1n) is 9.69. The molecule has 0 radical (unpaired) electrons. The van der Waals surface area contributed by atoms with Crippen molar-refractivity contribution in [3.63, 3.8) is 0 Å². The van der Waals surface area contributed by atoms with E-state index in [1.807, 2.05) is 0 Å². The van der Waals surface area contributed by atoms with E-state index in [0.717, 1.165) is 29.2 Å². The van der Waals surface area contributed by atoms with Gasteiger partial charge in [0.15, 0.2) is 0 Å². The van der Waals surface area contributed by atoms with E-state index in [9.17, 15) is 23.1 Å². The number of rotatable bonds is 6. The van der Waals surface area contributed by atoms with Crippen molar-refractivity contribution in [1.29, 1.82) is 0 Å². The largest absolute Gasteiger partial charge is 0.388 e. The molecule has 0 fully saturated rings. The van der Waals surface area contributed by atoms with Crippen molar-refractivity contribution in [3.8, 4) is 0 Å². The number of nitrogens with zero attached hydrogens (tertiary/aromatic N) is 3. The van der Waals surface area contributed by atoms with Crippen LogP contribution in [-0.4, -0.2) is 32.7 Å². The number of halogens is 3. The summed E-state index contributed by atoms with van der Waals surface area (Å²) in [7, 11) is 0. The van der Waals surface area contributed by atoms with Crippen molar-refractivity contribution < 1.29 is 23.1 Å². The quantitative estimate of drug-likeness (QED) is 0.505. The van der Waals surface area contributed by atoms with E-state index in [1.54, 1.807) is 20.8 Å². The molecule has 0 bridgehead atoms. The van der Waals surface area contributed by atoms with Gasteiger partial charge in [0.2, 0.25) is 5.95 Å². The molecule has 0 aliphatic carbocycles. The average molecular weight is 445 g/mol. The van der Waals surface area contributed by atoms with E-state index in [-0.39, 0.29) is 17.5 Å². The zero-order valence-corrected chi connectivity index (χ0v) is 17.6. The van der Waals surface area contributed by atoms with Crippen LogP contribution in [0.5, 0.6) is 0 Å². The van der Waals surface area contributed by atoms with Crippen LogP contribution in [0.1, 0.15) is 20.8 Å². The lowest BCUT2D eigenvalue weighted by Crippen LogP contribution is -2.40. The second-order valence-electron chi connectivity index (χ2n) is 7.60. The summed E-state index contributed by atoms with van der Waals surface area (Å²) in [5.41, 5.74) is -1.52. The van der Waals surface area contributed by atoms with Crippen LogP contribution >= 0.6 is 0 Å². The van der Waals surface area contributed by atoms with Crippen molar-refractivity contribution >= 4 is 29.2 Å². The van der Waals surface area contributed by atoms with Crippen LogP contribution in [0.25, 0.3) is 0 Å². The Balaban J connectivity index is 1.99. The summed E-state index contributed by atoms with van der Waals surface area (Å²) in [5, 5.41) is 15.3. The van der Waals surface area contributed by atoms with E-state index in [0.29, 0.717) is 0 Å². The predicted molar refractivity (Wildman–Crippen MR) is 115 cm³/mol. The fourth-order valence-electron chi connectivity index (χ4n) is 2.64. The van der Waals surface area contributed by atoms with E-state index >= 15 is 0 Å². The third kappa shape index (κ3) is 5.33. The Kier molecular flexibility index (Phi) is 6.64. The van der Waals surface area contributed by atoms with Crippen molar-refractivity contribution in [2.75, 3.05) is 15.5 Å². The molecule has 1 aromatic heterocycles. The Morgan fingerprint density at radius 1 is 1.06 bits per heavy atom. The molecule has 10 heteroatoms. The van der Waals surface area contributed by atoms with Gasteiger partial charge in [0, 0.05) is 12.3 Å². The van der Waals surface area contributed by atoms with Crippen molar-refractivity contribution in [2.45, 2.75) is 32.4 Å². The monoisotopic (exact) mass is 445 g/mol. The Morgan fingerprint density at radius 3 is 2.28 bits per heavy atom. The molecule has 0 unspecified atom stereocenters.